The summed E-state index contributed by atoms with van der Waals surface area (Å²) in [6, 6.07) is 13.9. The van der Waals surface area contributed by atoms with Crippen molar-refractivity contribution in [2.45, 2.75) is 17.6 Å². The Labute approximate surface area is 124 Å². The van der Waals surface area contributed by atoms with E-state index in [1.165, 1.54) is 5.56 Å². The van der Waals surface area contributed by atoms with Gasteiger partial charge in [0.1, 0.15) is 11.5 Å². The summed E-state index contributed by atoms with van der Waals surface area (Å²) in [5, 5.41) is 0. The van der Waals surface area contributed by atoms with Crippen LogP contribution in [0.2, 0.25) is 0 Å². The number of hydrogen-bond acceptors (Lipinski definition) is 4. The summed E-state index contributed by atoms with van der Waals surface area (Å²) < 4.78 is 10.8. The summed E-state index contributed by atoms with van der Waals surface area (Å²) in [5.74, 6) is 2.61. The number of benzene rings is 2. The van der Waals surface area contributed by atoms with Crippen molar-refractivity contribution < 1.29 is 9.47 Å². The highest BCUT2D eigenvalue weighted by Crippen LogP contribution is 2.33. The Bertz CT molecular complexity index is 555. The smallest absolute Gasteiger partial charge is 0.134 e. The zero-order chi connectivity index (χ0) is 14.4. The van der Waals surface area contributed by atoms with E-state index in [4.69, 9.17) is 15.2 Å². The molecule has 0 fully saturated rings. The minimum absolute atomic E-state index is 0.691. The first kappa shape index (κ1) is 14.6. The molecule has 2 aromatic rings. The second kappa shape index (κ2) is 7.10. The third-order valence-electron chi connectivity index (χ3n) is 2.82. The van der Waals surface area contributed by atoms with Crippen LogP contribution in [0.5, 0.6) is 11.5 Å². The fourth-order valence-corrected chi connectivity index (χ4v) is 2.78. The quantitative estimate of drug-likeness (QED) is 0.645. The van der Waals surface area contributed by atoms with Gasteiger partial charge in [0.15, 0.2) is 0 Å². The summed E-state index contributed by atoms with van der Waals surface area (Å²) in [7, 11) is 1.66. The van der Waals surface area contributed by atoms with E-state index >= 15 is 0 Å². The van der Waals surface area contributed by atoms with Crippen molar-refractivity contribution in [3.63, 3.8) is 0 Å². The molecule has 0 aliphatic carbocycles. The summed E-state index contributed by atoms with van der Waals surface area (Å²) in [6.45, 7) is 2.67. The molecule has 106 valence electrons. The molecular weight excluding hydrogens is 270 g/mol. The number of hydrogen-bond donors (Lipinski definition) is 1. The highest BCUT2D eigenvalue weighted by atomic mass is 32.2. The van der Waals surface area contributed by atoms with Crippen LogP contribution in [0.4, 0.5) is 5.69 Å². The third kappa shape index (κ3) is 3.84. The number of nitrogens with two attached hydrogens (primary N) is 1. The van der Waals surface area contributed by atoms with E-state index in [1.807, 2.05) is 37.3 Å². The third-order valence-corrected chi connectivity index (χ3v) is 3.94. The first-order valence-corrected chi connectivity index (χ1v) is 7.49. The molecule has 0 aromatic heterocycles. The van der Waals surface area contributed by atoms with E-state index < -0.39 is 0 Å². The van der Waals surface area contributed by atoms with Gasteiger partial charge >= 0.3 is 0 Å². The topological polar surface area (TPSA) is 44.5 Å². The van der Waals surface area contributed by atoms with Crippen LogP contribution in [0.15, 0.2) is 47.4 Å². The summed E-state index contributed by atoms with van der Waals surface area (Å²) in [5.41, 5.74) is 7.71. The molecule has 0 radical (unpaired) electrons. The lowest BCUT2D eigenvalue weighted by atomic mass is 10.2. The number of thioether (sulfide) groups is 1. The van der Waals surface area contributed by atoms with Gasteiger partial charge in [0.2, 0.25) is 0 Å². The molecule has 0 unspecified atom stereocenters. The predicted molar refractivity (Wildman–Crippen MR) is 84.6 cm³/mol. The first-order chi connectivity index (χ1) is 9.72. The van der Waals surface area contributed by atoms with Gasteiger partial charge in [-0.3, -0.25) is 0 Å². The maximum atomic E-state index is 5.75. The van der Waals surface area contributed by atoms with Crippen molar-refractivity contribution >= 4 is 17.4 Å². The molecular formula is C16H19NO2S. The largest absolute Gasteiger partial charge is 0.496 e. The molecule has 2 N–H and O–H groups in total. The fraction of sp³-hybridized carbons (Fsp3) is 0.250. The average Bonchev–Trinajstić information content (AvgIpc) is 2.47. The second-order valence-corrected chi connectivity index (χ2v) is 5.29. The van der Waals surface area contributed by atoms with Gasteiger partial charge in [-0.25, -0.2) is 0 Å². The standard InChI is InChI=1S/C16H19NO2S/c1-3-19-14-7-4-12(5-8-14)11-20-16-9-6-13(17)10-15(16)18-2/h4-10H,3,11,17H2,1-2H3. The van der Waals surface area contributed by atoms with E-state index in [1.54, 1.807) is 18.9 Å². The molecule has 0 spiro atoms. The summed E-state index contributed by atoms with van der Waals surface area (Å²) in [4.78, 5) is 1.09. The monoisotopic (exact) mass is 289 g/mol. The Morgan fingerprint density at radius 2 is 1.85 bits per heavy atom. The zero-order valence-electron chi connectivity index (χ0n) is 11.8. The van der Waals surface area contributed by atoms with Gasteiger partial charge in [0, 0.05) is 22.4 Å². The van der Waals surface area contributed by atoms with Crippen LogP contribution < -0.4 is 15.2 Å². The Morgan fingerprint density at radius 1 is 1.10 bits per heavy atom. The SMILES string of the molecule is CCOc1ccc(CSc2ccc(N)cc2OC)cc1. The molecule has 3 nitrogen and oxygen atoms in total. The average molecular weight is 289 g/mol. The number of nitrogen functional groups attached to an aromatic ring is 1. The highest BCUT2D eigenvalue weighted by Gasteiger charge is 2.05. The zero-order valence-corrected chi connectivity index (χ0v) is 12.6. The Morgan fingerprint density at radius 3 is 2.50 bits per heavy atom. The molecule has 0 bridgehead atoms. The van der Waals surface area contributed by atoms with Gasteiger partial charge in [0.25, 0.3) is 0 Å². The number of ether oxygens (including phenoxy) is 2. The predicted octanol–water partition coefficient (Wildman–Crippen LogP) is 3.97. The Hall–Kier alpha value is -1.81. The normalized spacial score (nSPS) is 10.3. The minimum Gasteiger partial charge on any atom is -0.496 e. The molecule has 4 heteroatoms. The van der Waals surface area contributed by atoms with Crippen molar-refractivity contribution in [2.24, 2.45) is 0 Å². The first-order valence-electron chi connectivity index (χ1n) is 6.51. The van der Waals surface area contributed by atoms with Gasteiger partial charge in [0.05, 0.1) is 13.7 Å². The molecule has 0 aliphatic heterocycles. The lowest BCUT2D eigenvalue weighted by Crippen LogP contribution is -1.92. The van der Waals surface area contributed by atoms with Crippen LogP contribution >= 0.6 is 11.8 Å². The molecule has 0 heterocycles. The van der Waals surface area contributed by atoms with E-state index in [0.29, 0.717) is 12.3 Å². The van der Waals surface area contributed by atoms with Gasteiger partial charge in [-0.1, -0.05) is 12.1 Å². The molecule has 2 aromatic carbocycles. The van der Waals surface area contributed by atoms with Crippen molar-refractivity contribution in [3.05, 3.63) is 48.0 Å². The van der Waals surface area contributed by atoms with E-state index in [0.717, 1.165) is 22.1 Å². The number of rotatable bonds is 6. The summed E-state index contributed by atoms with van der Waals surface area (Å²) in [6.07, 6.45) is 0. The molecule has 0 atom stereocenters. The lowest BCUT2D eigenvalue weighted by Gasteiger charge is -2.09. The number of methoxy groups -OCH3 is 1. The van der Waals surface area contributed by atoms with Crippen LogP contribution in [0.25, 0.3) is 0 Å². The van der Waals surface area contributed by atoms with Crippen molar-refractivity contribution in [1.82, 2.24) is 0 Å². The van der Waals surface area contributed by atoms with Crippen LogP contribution in [-0.4, -0.2) is 13.7 Å². The second-order valence-electron chi connectivity index (χ2n) is 4.28. The highest BCUT2D eigenvalue weighted by molar-refractivity contribution is 7.98. The van der Waals surface area contributed by atoms with E-state index in [-0.39, 0.29) is 0 Å². The van der Waals surface area contributed by atoms with Crippen molar-refractivity contribution in [1.29, 1.82) is 0 Å². The molecule has 0 amide bonds. The van der Waals surface area contributed by atoms with Gasteiger partial charge in [-0.15, -0.1) is 11.8 Å². The maximum absolute atomic E-state index is 5.75. The Balaban J connectivity index is 2.01. The Kier molecular flexibility index (Phi) is 5.18. The van der Waals surface area contributed by atoms with Crippen LogP contribution in [0.1, 0.15) is 12.5 Å². The van der Waals surface area contributed by atoms with Gasteiger partial charge in [-0.05, 0) is 36.8 Å². The van der Waals surface area contributed by atoms with Crippen LogP contribution in [0.3, 0.4) is 0 Å². The molecule has 0 aliphatic rings. The van der Waals surface area contributed by atoms with Crippen LogP contribution in [0, 0.1) is 0 Å². The van der Waals surface area contributed by atoms with Crippen LogP contribution in [-0.2, 0) is 5.75 Å². The molecule has 0 saturated carbocycles. The van der Waals surface area contributed by atoms with Crippen molar-refractivity contribution in [2.75, 3.05) is 19.5 Å². The van der Waals surface area contributed by atoms with E-state index in [2.05, 4.69) is 12.1 Å². The molecule has 2 rings (SSSR count). The number of anilines is 1. The maximum Gasteiger partial charge on any atom is 0.134 e. The molecule has 20 heavy (non-hydrogen) atoms. The summed E-state index contributed by atoms with van der Waals surface area (Å²) >= 11 is 1.73. The minimum atomic E-state index is 0.691. The van der Waals surface area contributed by atoms with Gasteiger partial charge in [-0.2, -0.15) is 0 Å². The van der Waals surface area contributed by atoms with Crippen molar-refractivity contribution in [3.8, 4) is 11.5 Å². The fourth-order valence-electron chi connectivity index (χ4n) is 1.81. The van der Waals surface area contributed by atoms with E-state index in [9.17, 15) is 0 Å². The molecule has 0 saturated heterocycles. The lowest BCUT2D eigenvalue weighted by molar-refractivity contribution is 0.340. The van der Waals surface area contributed by atoms with Gasteiger partial charge < -0.3 is 15.2 Å².